The third-order valence-corrected chi connectivity index (χ3v) is 4.59. The van der Waals surface area contributed by atoms with E-state index in [1.165, 1.54) is 6.07 Å². The number of phenolic OH excluding ortho intramolecular Hbond substituents is 1. The molecular formula is C22H28N2O3. The quantitative estimate of drug-likeness (QED) is 0.655. The molecule has 3 N–H and O–H groups in total. The van der Waals surface area contributed by atoms with Gasteiger partial charge in [0, 0.05) is 23.2 Å². The molecule has 0 radical (unpaired) electrons. The number of phenols is 1. The van der Waals surface area contributed by atoms with Gasteiger partial charge < -0.3 is 15.7 Å². The van der Waals surface area contributed by atoms with Gasteiger partial charge in [-0.3, -0.25) is 9.59 Å². The monoisotopic (exact) mass is 368 g/mol. The van der Waals surface area contributed by atoms with Crippen LogP contribution in [0.15, 0.2) is 42.5 Å². The van der Waals surface area contributed by atoms with Crippen molar-refractivity contribution in [2.75, 3.05) is 10.6 Å². The maximum atomic E-state index is 12.4. The molecule has 2 aromatic rings. The average molecular weight is 368 g/mol. The maximum Gasteiger partial charge on any atom is 0.255 e. The summed E-state index contributed by atoms with van der Waals surface area (Å²) >= 11 is 0. The molecule has 0 aliphatic rings. The fraction of sp³-hybridized carbons (Fsp3) is 0.364. The number of hydrogen-bond donors (Lipinski definition) is 3. The summed E-state index contributed by atoms with van der Waals surface area (Å²) in [6, 6.07) is 12.1. The van der Waals surface area contributed by atoms with Crippen LogP contribution in [0.25, 0.3) is 0 Å². The average Bonchev–Trinajstić information content (AvgIpc) is 2.62. The van der Waals surface area contributed by atoms with Crippen LogP contribution in [0.3, 0.4) is 0 Å². The number of carbonyl (C=O) groups excluding carboxylic acids is 2. The molecule has 27 heavy (non-hydrogen) atoms. The molecule has 144 valence electrons. The molecule has 0 spiro atoms. The summed E-state index contributed by atoms with van der Waals surface area (Å²) in [6.07, 6.45) is 0.736. The molecule has 1 atom stereocenters. The smallest absolute Gasteiger partial charge is 0.255 e. The Morgan fingerprint density at radius 2 is 1.67 bits per heavy atom. The summed E-state index contributed by atoms with van der Waals surface area (Å²) in [5.41, 5.74) is 2.45. The Balaban J connectivity index is 2.08. The molecule has 2 amide bonds. The minimum absolute atomic E-state index is 0.0167. The van der Waals surface area contributed by atoms with Crippen molar-refractivity contribution >= 4 is 23.2 Å². The lowest BCUT2D eigenvalue weighted by Crippen LogP contribution is -2.19. The minimum atomic E-state index is -0.304. The van der Waals surface area contributed by atoms with Crippen molar-refractivity contribution in [3.8, 4) is 5.75 Å². The highest BCUT2D eigenvalue weighted by Gasteiger charge is 2.16. The molecule has 5 heteroatoms. The molecule has 0 saturated heterocycles. The van der Waals surface area contributed by atoms with Crippen molar-refractivity contribution in [3.63, 3.8) is 0 Å². The van der Waals surface area contributed by atoms with Crippen molar-refractivity contribution in [3.05, 3.63) is 53.6 Å². The maximum absolute atomic E-state index is 12.4. The zero-order valence-electron chi connectivity index (χ0n) is 16.6. The van der Waals surface area contributed by atoms with Gasteiger partial charge in [-0.2, -0.15) is 0 Å². The summed E-state index contributed by atoms with van der Waals surface area (Å²) in [4.78, 5) is 24.4. The second-order valence-electron chi connectivity index (χ2n) is 7.81. The van der Waals surface area contributed by atoms with Crippen LogP contribution >= 0.6 is 0 Å². The molecule has 0 aliphatic carbocycles. The fourth-order valence-corrected chi connectivity index (χ4v) is 2.48. The van der Waals surface area contributed by atoms with Crippen LogP contribution in [0.5, 0.6) is 5.75 Å². The second-order valence-corrected chi connectivity index (χ2v) is 7.81. The molecule has 0 aliphatic heterocycles. The summed E-state index contributed by atoms with van der Waals surface area (Å²) < 4.78 is 0. The highest BCUT2D eigenvalue weighted by atomic mass is 16.3. The van der Waals surface area contributed by atoms with E-state index in [2.05, 4.69) is 31.4 Å². The van der Waals surface area contributed by atoms with Crippen LogP contribution in [0.4, 0.5) is 11.4 Å². The fourth-order valence-electron chi connectivity index (χ4n) is 2.48. The van der Waals surface area contributed by atoms with E-state index in [0.29, 0.717) is 16.9 Å². The largest absolute Gasteiger partial charge is 0.506 e. The summed E-state index contributed by atoms with van der Waals surface area (Å²) in [5, 5.41) is 15.6. The number of hydrogen-bond acceptors (Lipinski definition) is 3. The van der Waals surface area contributed by atoms with Crippen LogP contribution in [-0.2, 0) is 10.2 Å². The van der Waals surface area contributed by atoms with Gasteiger partial charge in [0.05, 0.1) is 5.69 Å². The molecule has 5 nitrogen and oxygen atoms in total. The number of aromatic hydroxyl groups is 1. The molecular weight excluding hydrogens is 340 g/mol. The van der Waals surface area contributed by atoms with E-state index in [1.54, 1.807) is 24.3 Å². The van der Waals surface area contributed by atoms with E-state index in [-0.39, 0.29) is 28.9 Å². The number of rotatable bonds is 5. The van der Waals surface area contributed by atoms with Gasteiger partial charge >= 0.3 is 0 Å². The van der Waals surface area contributed by atoms with Crippen LogP contribution in [0, 0.1) is 5.92 Å². The van der Waals surface area contributed by atoms with Gasteiger partial charge in [-0.15, -0.1) is 0 Å². The molecule has 0 aromatic heterocycles. The summed E-state index contributed by atoms with van der Waals surface area (Å²) in [6.45, 7) is 10.1. The Kier molecular flexibility index (Phi) is 6.26. The van der Waals surface area contributed by atoms with Gasteiger partial charge in [-0.25, -0.2) is 0 Å². The number of nitrogens with one attached hydrogen (secondary N) is 2. The number of benzene rings is 2. The zero-order valence-corrected chi connectivity index (χ0v) is 16.6. The summed E-state index contributed by atoms with van der Waals surface area (Å²) in [5.74, 6) is -0.617. The third kappa shape index (κ3) is 5.33. The lowest BCUT2D eigenvalue weighted by Gasteiger charge is -2.19. The standard InChI is InChI=1S/C22H28N2O3/c1-6-14(2)20(26)23-17-11-12-18(19(25)13-17)24-21(27)15-7-9-16(10-8-15)22(3,4)5/h7-14,25H,6H2,1-5H3,(H,23,26)(H,24,27). The van der Waals surface area contributed by atoms with E-state index >= 15 is 0 Å². The minimum Gasteiger partial charge on any atom is -0.506 e. The predicted octanol–water partition coefficient (Wildman–Crippen LogP) is 4.93. The van der Waals surface area contributed by atoms with Gasteiger partial charge in [0.2, 0.25) is 5.91 Å². The third-order valence-electron chi connectivity index (χ3n) is 4.59. The first-order valence-electron chi connectivity index (χ1n) is 9.17. The predicted molar refractivity (Wildman–Crippen MR) is 109 cm³/mol. The van der Waals surface area contributed by atoms with Crippen LogP contribution < -0.4 is 10.6 Å². The van der Waals surface area contributed by atoms with Crippen molar-refractivity contribution in [1.29, 1.82) is 0 Å². The van der Waals surface area contributed by atoms with Crippen LogP contribution in [0.1, 0.15) is 57.0 Å². The van der Waals surface area contributed by atoms with E-state index in [4.69, 9.17) is 0 Å². The lowest BCUT2D eigenvalue weighted by atomic mass is 9.87. The first kappa shape index (κ1) is 20.5. The Bertz CT molecular complexity index is 820. The molecule has 0 fully saturated rings. The van der Waals surface area contributed by atoms with Crippen LogP contribution in [0.2, 0.25) is 0 Å². The zero-order chi connectivity index (χ0) is 20.2. The van der Waals surface area contributed by atoms with Gasteiger partial charge in [0.25, 0.3) is 5.91 Å². The normalized spacial score (nSPS) is 12.3. The molecule has 0 saturated carbocycles. The van der Waals surface area contributed by atoms with E-state index in [9.17, 15) is 14.7 Å². The second kappa shape index (κ2) is 8.25. The molecule has 2 rings (SSSR count). The SMILES string of the molecule is CCC(C)C(=O)Nc1ccc(NC(=O)c2ccc(C(C)(C)C)cc2)c(O)c1. The number of amides is 2. The van der Waals surface area contributed by atoms with E-state index in [0.717, 1.165) is 12.0 Å². The first-order chi connectivity index (χ1) is 12.6. The van der Waals surface area contributed by atoms with E-state index in [1.807, 2.05) is 26.0 Å². The molecule has 0 heterocycles. The Morgan fingerprint density at radius 1 is 1.04 bits per heavy atom. The lowest BCUT2D eigenvalue weighted by molar-refractivity contribution is -0.119. The Hall–Kier alpha value is -2.82. The number of anilines is 2. The van der Waals surface area contributed by atoms with Gasteiger partial charge in [-0.05, 0) is 41.7 Å². The number of carbonyl (C=O) groups is 2. The van der Waals surface area contributed by atoms with Crippen LogP contribution in [-0.4, -0.2) is 16.9 Å². The Morgan fingerprint density at radius 3 is 2.19 bits per heavy atom. The first-order valence-corrected chi connectivity index (χ1v) is 9.17. The van der Waals surface area contributed by atoms with Crippen molar-refractivity contribution in [2.45, 2.75) is 46.5 Å². The Labute approximate surface area is 160 Å². The molecule has 0 bridgehead atoms. The van der Waals surface area contributed by atoms with E-state index < -0.39 is 0 Å². The molecule has 1 unspecified atom stereocenters. The molecule has 2 aromatic carbocycles. The highest BCUT2D eigenvalue weighted by Crippen LogP contribution is 2.28. The van der Waals surface area contributed by atoms with Crippen molar-refractivity contribution in [2.24, 2.45) is 5.92 Å². The topological polar surface area (TPSA) is 78.4 Å². The highest BCUT2D eigenvalue weighted by molar-refractivity contribution is 6.05. The van der Waals surface area contributed by atoms with Crippen molar-refractivity contribution in [1.82, 2.24) is 0 Å². The van der Waals surface area contributed by atoms with Crippen molar-refractivity contribution < 1.29 is 14.7 Å². The van der Waals surface area contributed by atoms with Gasteiger partial charge in [0.15, 0.2) is 0 Å². The summed E-state index contributed by atoms with van der Waals surface area (Å²) in [7, 11) is 0. The van der Waals surface area contributed by atoms with Gasteiger partial charge in [-0.1, -0.05) is 46.8 Å². The van der Waals surface area contributed by atoms with Gasteiger partial charge in [0.1, 0.15) is 5.75 Å².